The van der Waals surface area contributed by atoms with E-state index in [1.807, 2.05) is 20.8 Å². The predicted molar refractivity (Wildman–Crippen MR) is 101 cm³/mol. The van der Waals surface area contributed by atoms with Gasteiger partial charge >= 0.3 is 11.9 Å². The highest BCUT2D eigenvalue weighted by Gasteiger charge is 2.32. The van der Waals surface area contributed by atoms with Gasteiger partial charge in [0.15, 0.2) is 0 Å². The average molecular weight is 389 g/mol. The molecular formula is C19H35NO7. The zero-order valence-electron chi connectivity index (χ0n) is 17.3. The molecule has 1 fully saturated rings. The molecule has 27 heavy (non-hydrogen) atoms. The number of hydrogen-bond acceptors (Lipinski definition) is 8. The summed E-state index contributed by atoms with van der Waals surface area (Å²) in [4.78, 5) is 21.9. The standard InChI is InChI=1S/C13H24O5.C6H11NO2/c1-9(2)13(15)18-8-12(5)17-7-11(4)16-6-10(3)14;1-4(5-3-7-5)6(8)9-2/h10-12,14H,1,6-8H2,2-5H3;4-5,7H,3H2,1-2H3. The van der Waals surface area contributed by atoms with Crippen LogP contribution in [0.1, 0.15) is 34.6 Å². The molecule has 1 heterocycles. The minimum atomic E-state index is -0.485. The van der Waals surface area contributed by atoms with Crippen molar-refractivity contribution in [2.24, 2.45) is 5.92 Å². The number of nitrogens with one attached hydrogen (secondary N) is 1. The average Bonchev–Trinajstić information content (AvgIpc) is 3.46. The maximum atomic E-state index is 11.1. The number of aliphatic hydroxyl groups excluding tert-OH is 1. The van der Waals surface area contributed by atoms with Crippen LogP contribution in [0, 0.1) is 5.92 Å². The Labute approximate surface area is 162 Å². The number of hydrogen-bond donors (Lipinski definition) is 2. The summed E-state index contributed by atoms with van der Waals surface area (Å²) in [6.07, 6.45) is -0.800. The lowest BCUT2D eigenvalue weighted by Crippen LogP contribution is -2.26. The van der Waals surface area contributed by atoms with Crippen molar-refractivity contribution in [2.45, 2.75) is 59.0 Å². The van der Waals surface area contributed by atoms with Crippen LogP contribution in [0.3, 0.4) is 0 Å². The van der Waals surface area contributed by atoms with Gasteiger partial charge in [-0.15, -0.1) is 0 Å². The second-order valence-corrected chi connectivity index (χ2v) is 6.84. The lowest BCUT2D eigenvalue weighted by Gasteiger charge is -2.18. The fraction of sp³-hybridized carbons (Fsp3) is 0.789. The van der Waals surface area contributed by atoms with Crippen molar-refractivity contribution in [3.8, 4) is 0 Å². The maximum Gasteiger partial charge on any atom is 0.333 e. The highest BCUT2D eigenvalue weighted by Crippen LogP contribution is 2.12. The van der Waals surface area contributed by atoms with Gasteiger partial charge in [-0.3, -0.25) is 4.79 Å². The molecule has 0 aromatic heterocycles. The molecule has 0 aliphatic carbocycles. The van der Waals surface area contributed by atoms with Gasteiger partial charge in [-0.1, -0.05) is 13.5 Å². The second-order valence-electron chi connectivity index (χ2n) is 6.84. The van der Waals surface area contributed by atoms with Gasteiger partial charge < -0.3 is 29.4 Å². The van der Waals surface area contributed by atoms with E-state index >= 15 is 0 Å². The van der Waals surface area contributed by atoms with E-state index in [-0.39, 0.29) is 37.3 Å². The Balaban J connectivity index is 0.000000621. The Morgan fingerprint density at radius 3 is 2.07 bits per heavy atom. The van der Waals surface area contributed by atoms with Gasteiger partial charge in [0.05, 0.1) is 44.6 Å². The van der Waals surface area contributed by atoms with Crippen molar-refractivity contribution in [3.05, 3.63) is 12.2 Å². The van der Waals surface area contributed by atoms with Crippen LogP contribution in [0.2, 0.25) is 0 Å². The number of ether oxygens (including phenoxy) is 4. The Bertz CT molecular complexity index is 463. The number of methoxy groups -OCH3 is 1. The number of carbonyl (C=O) groups is 2. The molecule has 0 spiro atoms. The minimum absolute atomic E-state index is 0.0231. The van der Waals surface area contributed by atoms with Crippen molar-refractivity contribution < 1.29 is 33.6 Å². The van der Waals surface area contributed by atoms with Crippen LogP contribution in [0.25, 0.3) is 0 Å². The first-order valence-corrected chi connectivity index (χ1v) is 9.13. The summed E-state index contributed by atoms with van der Waals surface area (Å²) >= 11 is 0. The highest BCUT2D eigenvalue weighted by atomic mass is 16.6. The van der Waals surface area contributed by atoms with E-state index in [4.69, 9.17) is 19.3 Å². The third-order valence-corrected chi connectivity index (χ3v) is 3.65. The van der Waals surface area contributed by atoms with Crippen LogP contribution in [0.5, 0.6) is 0 Å². The number of rotatable bonds is 11. The van der Waals surface area contributed by atoms with Gasteiger partial charge in [-0.05, 0) is 27.7 Å². The van der Waals surface area contributed by atoms with E-state index in [0.29, 0.717) is 18.2 Å². The van der Waals surface area contributed by atoms with Crippen LogP contribution in [-0.4, -0.2) is 74.9 Å². The van der Waals surface area contributed by atoms with Crippen LogP contribution in [0.15, 0.2) is 12.2 Å². The monoisotopic (exact) mass is 389 g/mol. The summed E-state index contributed by atoms with van der Waals surface area (Å²) < 4.78 is 20.3. The summed E-state index contributed by atoms with van der Waals surface area (Å²) in [6.45, 7) is 14.1. The molecule has 8 nitrogen and oxygen atoms in total. The Morgan fingerprint density at radius 2 is 1.63 bits per heavy atom. The lowest BCUT2D eigenvalue weighted by atomic mass is 10.1. The molecule has 5 atom stereocenters. The molecule has 1 aliphatic heterocycles. The molecule has 0 radical (unpaired) electrons. The number of aliphatic hydroxyl groups is 1. The summed E-state index contributed by atoms with van der Waals surface area (Å²) in [6, 6.07) is 0.373. The summed E-state index contributed by atoms with van der Waals surface area (Å²) in [5.41, 5.74) is 0.371. The molecule has 1 saturated heterocycles. The number of carbonyl (C=O) groups excluding carboxylic acids is 2. The van der Waals surface area contributed by atoms with Crippen LogP contribution >= 0.6 is 0 Å². The van der Waals surface area contributed by atoms with Gasteiger partial charge in [0, 0.05) is 18.2 Å². The SMILES string of the molecule is C=C(C)C(=O)OCC(C)OCC(C)OCC(C)O.COC(=O)C(C)C1CN1. The van der Waals surface area contributed by atoms with Crippen molar-refractivity contribution in [1.82, 2.24) is 5.32 Å². The van der Waals surface area contributed by atoms with Crippen molar-refractivity contribution in [2.75, 3.05) is 33.5 Å². The first-order chi connectivity index (χ1) is 12.6. The van der Waals surface area contributed by atoms with E-state index < -0.39 is 12.1 Å². The minimum Gasteiger partial charge on any atom is -0.469 e. The molecule has 0 saturated carbocycles. The molecule has 0 aromatic rings. The summed E-state index contributed by atoms with van der Waals surface area (Å²) in [5, 5.41) is 12.1. The summed E-state index contributed by atoms with van der Waals surface area (Å²) in [7, 11) is 1.42. The molecule has 0 aromatic carbocycles. The maximum absolute atomic E-state index is 11.1. The fourth-order valence-electron chi connectivity index (χ4n) is 1.79. The van der Waals surface area contributed by atoms with E-state index in [0.717, 1.165) is 6.54 Å². The van der Waals surface area contributed by atoms with E-state index in [2.05, 4.69) is 16.6 Å². The van der Waals surface area contributed by atoms with E-state index in [9.17, 15) is 9.59 Å². The van der Waals surface area contributed by atoms with Crippen molar-refractivity contribution in [3.63, 3.8) is 0 Å². The lowest BCUT2D eigenvalue weighted by molar-refractivity contribution is -0.145. The highest BCUT2D eigenvalue weighted by molar-refractivity contribution is 5.86. The molecule has 0 bridgehead atoms. The molecule has 0 amide bonds. The molecule has 2 N–H and O–H groups in total. The molecule has 8 heteroatoms. The third-order valence-electron chi connectivity index (χ3n) is 3.65. The van der Waals surface area contributed by atoms with E-state index in [1.54, 1.807) is 13.8 Å². The molecule has 1 aliphatic rings. The molecule has 1 rings (SSSR count). The first kappa shape index (κ1) is 25.5. The number of esters is 2. The largest absolute Gasteiger partial charge is 0.469 e. The van der Waals surface area contributed by atoms with Crippen molar-refractivity contribution in [1.29, 1.82) is 0 Å². The predicted octanol–water partition coefficient (Wildman–Crippen LogP) is 1.06. The zero-order chi connectivity index (χ0) is 21.0. The van der Waals surface area contributed by atoms with Crippen LogP contribution < -0.4 is 5.32 Å². The normalized spacial score (nSPS) is 19.6. The molecule has 5 unspecified atom stereocenters. The van der Waals surface area contributed by atoms with Crippen LogP contribution in [0.4, 0.5) is 0 Å². The van der Waals surface area contributed by atoms with Crippen molar-refractivity contribution >= 4 is 11.9 Å². The quantitative estimate of drug-likeness (QED) is 0.306. The third kappa shape index (κ3) is 13.4. The zero-order valence-corrected chi connectivity index (χ0v) is 17.3. The topological polar surface area (TPSA) is 113 Å². The van der Waals surface area contributed by atoms with E-state index in [1.165, 1.54) is 7.11 Å². The molecular weight excluding hydrogens is 354 g/mol. The van der Waals surface area contributed by atoms with Gasteiger partial charge in [0.1, 0.15) is 6.61 Å². The fourth-order valence-corrected chi connectivity index (χ4v) is 1.79. The smallest absolute Gasteiger partial charge is 0.333 e. The van der Waals surface area contributed by atoms with Gasteiger partial charge in [-0.25, -0.2) is 4.79 Å². The van der Waals surface area contributed by atoms with Crippen LogP contribution in [-0.2, 0) is 28.5 Å². The van der Waals surface area contributed by atoms with Gasteiger partial charge in [0.25, 0.3) is 0 Å². The molecule has 158 valence electrons. The Hall–Kier alpha value is -1.48. The van der Waals surface area contributed by atoms with Gasteiger partial charge in [-0.2, -0.15) is 0 Å². The Kier molecular flexibility index (Phi) is 12.9. The Morgan fingerprint density at radius 1 is 1.11 bits per heavy atom. The summed E-state index contributed by atoms with van der Waals surface area (Å²) in [5.74, 6) is -0.510. The van der Waals surface area contributed by atoms with Gasteiger partial charge in [0.2, 0.25) is 0 Å². The second kappa shape index (κ2) is 13.7. The first-order valence-electron chi connectivity index (χ1n) is 9.13.